The lowest BCUT2D eigenvalue weighted by atomic mass is 10.5. The number of sulfonamides is 1. The fraction of sp³-hybridized carbons (Fsp3) is 1.00. The molecule has 0 radical (unpaired) electrons. The van der Waals surface area contributed by atoms with Gasteiger partial charge in [-0.2, -0.15) is 8.64 Å². The van der Waals surface area contributed by atoms with Crippen molar-refractivity contribution in [3.8, 4) is 0 Å². The molecule has 9 heteroatoms. The molecule has 0 aromatic rings. The number of hydrogen-bond donors (Lipinski definition) is 0. The van der Waals surface area contributed by atoms with Crippen LogP contribution in [-0.2, 0) is 24.1 Å². The molecule has 0 saturated carbocycles. The minimum atomic E-state index is -3.38. The summed E-state index contributed by atoms with van der Waals surface area (Å²) < 4.78 is 33.1. The van der Waals surface area contributed by atoms with Gasteiger partial charge in [-0.3, -0.25) is 5.04 Å². The molecule has 0 unspecified atom stereocenters. The summed E-state index contributed by atoms with van der Waals surface area (Å²) in [6, 6.07) is 0. The van der Waals surface area contributed by atoms with Crippen molar-refractivity contribution in [3.05, 3.63) is 0 Å². The number of ether oxygens (including phenoxy) is 1. The van der Waals surface area contributed by atoms with Gasteiger partial charge in [-0.25, -0.2) is 8.42 Å². The van der Waals surface area contributed by atoms with Crippen molar-refractivity contribution < 1.29 is 27.8 Å². The van der Waals surface area contributed by atoms with Crippen LogP contribution in [0.15, 0.2) is 0 Å². The molecular weight excluding hydrogens is 234 g/mol. The second-order valence-corrected chi connectivity index (χ2v) is 5.49. The summed E-state index contributed by atoms with van der Waals surface area (Å²) in [5.41, 5.74) is 0. The molecular formula is C5H10NO6S2-. The zero-order chi connectivity index (χ0) is 10.4. The van der Waals surface area contributed by atoms with Crippen molar-refractivity contribution in [1.82, 2.24) is 4.31 Å². The summed E-state index contributed by atoms with van der Waals surface area (Å²) >= 11 is 0.449. The maximum absolute atomic E-state index is 11.5. The normalized spacial score (nSPS) is 19.8. The second kappa shape index (κ2) is 5.85. The van der Waals surface area contributed by atoms with E-state index in [0.717, 1.165) is 0 Å². The van der Waals surface area contributed by atoms with Crippen LogP contribution in [0.4, 0.5) is 0 Å². The highest BCUT2D eigenvalue weighted by atomic mass is 32.3. The number of hydrogen-bond acceptors (Lipinski definition) is 7. The second-order valence-electron chi connectivity index (χ2n) is 2.50. The first-order valence-electron chi connectivity index (χ1n) is 3.80. The van der Waals surface area contributed by atoms with Crippen molar-refractivity contribution in [2.75, 3.05) is 31.4 Å². The first kappa shape index (κ1) is 12.2. The molecule has 0 N–H and O–H groups in total. The molecule has 0 aromatic heterocycles. The highest BCUT2D eigenvalue weighted by molar-refractivity contribution is 8.08. The monoisotopic (exact) mass is 244 g/mol. The van der Waals surface area contributed by atoms with E-state index in [-0.39, 0.29) is 5.08 Å². The van der Waals surface area contributed by atoms with Gasteiger partial charge in [-0.05, 0) is 0 Å². The summed E-state index contributed by atoms with van der Waals surface area (Å²) in [5.74, 6) is 0. The third-order valence-electron chi connectivity index (χ3n) is 1.64. The predicted octanol–water partition coefficient (Wildman–Crippen LogP) is -1.52. The summed E-state index contributed by atoms with van der Waals surface area (Å²) in [5, 5.41) is 12.1. The number of nitrogens with zero attached hydrogens (tertiary/aromatic N) is 1. The fourth-order valence-corrected chi connectivity index (χ4v) is 2.98. The zero-order valence-corrected chi connectivity index (χ0v) is 8.88. The Morgan fingerprint density at radius 2 is 2.07 bits per heavy atom. The maximum Gasteiger partial charge on any atom is 0.226 e. The minimum Gasteiger partial charge on any atom is -0.691 e. The molecule has 1 fully saturated rings. The summed E-state index contributed by atoms with van der Waals surface area (Å²) in [6.45, 7) is 1.45. The van der Waals surface area contributed by atoms with Crippen molar-refractivity contribution in [2.45, 2.75) is 0 Å². The molecule has 14 heavy (non-hydrogen) atoms. The van der Waals surface area contributed by atoms with Crippen LogP contribution in [0.2, 0.25) is 0 Å². The van der Waals surface area contributed by atoms with E-state index < -0.39 is 10.0 Å². The van der Waals surface area contributed by atoms with E-state index in [0.29, 0.717) is 38.3 Å². The minimum absolute atomic E-state index is 0.334. The van der Waals surface area contributed by atoms with Crippen LogP contribution in [0.5, 0.6) is 0 Å². The fourth-order valence-electron chi connectivity index (χ4n) is 0.999. The first-order chi connectivity index (χ1) is 6.67. The molecule has 84 valence electrons. The van der Waals surface area contributed by atoms with E-state index in [2.05, 4.69) is 9.37 Å². The molecule has 7 nitrogen and oxygen atoms in total. The Balaban J connectivity index is 2.38. The standard InChI is InChI=1S/C5H11NO6S2/c7-11-12-13-5-14(8,9)6-1-3-10-4-2-6/h7H,1-5H2/p-1. The number of rotatable bonds is 5. The Bertz CT molecular complexity index is 249. The molecule has 1 heterocycles. The van der Waals surface area contributed by atoms with Crippen LogP contribution in [0.25, 0.3) is 0 Å². The molecule has 1 aliphatic heterocycles. The van der Waals surface area contributed by atoms with Gasteiger partial charge in [0.1, 0.15) is 5.08 Å². The Morgan fingerprint density at radius 3 is 2.64 bits per heavy atom. The van der Waals surface area contributed by atoms with E-state index in [1.54, 1.807) is 0 Å². The molecule has 0 atom stereocenters. The predicted molar refractivity (Wildman–Crippen MR) is 45.9 cm³/mol. The van der Waals surface area contributed by atoms with E-state index in [1.165, 1.54) is 4.31 Å². The first-order valence-corrected chi connectivity index (χ1v) is 6.32. The smallest absolute Gasteiger partial charge is 0.226 e. The van der Waals surface area contributed by atoms with Crippen molar-refractivity contribution in [3.63, 3.8) is 0 Å². The highest BCUT2D eigenvalue weighted by Crippen LogP contribution is 2.12. The van der Waals surface area contributed by atoms with Gasteiger partial charge in [0.25, 0.3) is 0 Å². The molecule has 1 saturated heterocycles. The van der Waals surface area contributed by atoms with E-state index in [1.807, 2.05) is 0 Å². The van der Waals surface area contributed by atoms with Gasteiger partial charge in [0.2, 0.25) is 10.0 Å². The third-order valence-corrected chi connectivity index (χ3v) is 4.52. The summed E-state index contributed by atoms with van der Waals surface area (Å²) in [6.07, 6.45) is 0. The van der Waals surface area contributed by atoms with Crippen molar-refractivity contribution >= 4 is 22.1 Å². The zero-order valence-electron chi connectivity index (χ0n) is 7.25. The third kappa shape index (κ3) is 3.69. The molecule has 0 aliphatic carbocycles. The average molecular weight is 244 g/mol. The molecule has 1 aliphatic rings. The Labute approximate surface area is 86.0 Å². The summed E-state index contributed by atoms with van der Waals surface area (Å²) in [4.78, 5) is 0. The Morgan fingerprint density at radius 1 is 1.43 bits per heavy atom. The van der Waals surface area contributed by atoms with Crippen LogP contribution in [0, 0.1) is 0 Å². The average Bonchev–Trinajstić information content (AvgIpc) is 2.19. The van der Waals surface area contributed by atoms with Crippen LogP contribution < -0.4 is 5.26 Å². The van der Waals surface area contributed by atoms with Gasteiger partial charge in [0.15, 0.2) is 0 Å². The summed E-state index contributed by atoms with van der Waals surface area (Å²) in [7, 11) is -3.38. The largest absolute Gasteiger partial charge is 0.691 e. The molecule has 0 aromatic carbocycles. The molecule has 0 amide bonds. The van der Waals surface area contributed by atoms with E-state index in [9.17, 15) is 13.7 Å². The van der Waals surface area contributed by atoms with Gasteiger partial charge in [0.05, 0.1) is 13.2 Å². The van der Waals surface area contributed by atoms with Gasteiger partial charge in [0, 0.05) is 25.1 Å². The topological polar surface area (TPSA) is 88.1 Å². The Hall–Kier alpha value is 0.1000. The van der Waals surface area contributed by atoms with Gasteiger partial charge < -0.3 is 9.99 Å². The van der Waals surface area contributed by atoms with Crippen LogP contribution in [0.3, 0.4) is 0 Å². The van der Waals surface area contributed by atoms with Gasteiger partial charge in [-0.15, -0.1) is 0 Å². The lowest BCUT2D eigenvalue weighted by Crippen LogP contribution is -2.41. The van der Waals surface area contributed by atoms with Crippen LogP contribution in [-0.4, -0.2) is 44.1 Å². The molecule has 0 bridgehead atoms. The van der Waals surface area contributed by atoms with Crippen LogP contribution in [0.1, 0.15) is 0 Å². The quantitative estimate of drug-likeness (QED) is 0.251. The van der Waals surface area contributed by atoms with E-state index >= 15 is 0 Å². The van der Waals surface area contributed by atoms with Gasteiger partial charge >= 0.3 is 0 Å². The van der Waals surface area contributed by atoms with Crippen LogP contribution >= 0.6 is 12.0 Å². The van der Waals surface area contributed by atoms with Gasteiger partial charge in [-0.1, -0.05) is 0 Å². The SMILES string of the molecule is O=S(=O)(CSOO[O-])N1CCOCC1. The molecule has 0 spiro atoms. The maximum atomic E-state index is 11.5. The van der Waals surface area contributed by atoms with Crippen molar-refractivity contribution in [1.29, 1.82) is 0 Å². The molecule has 1 rings (SSSR count). The number of morpholine rings is 1. The lowest BCUT2D eigenvalue weighted by molar-refractivity contribution is -0.777. The van der Waals surface area contributed by atoms with Crippen molar-refractivity contribution in [2.24, 2.45) is 0 Å². The van der Waals surface area contributed by atoms with E-state index in [4.69, 9.17) is 4.74 Å². The highest BCUT2D eigenvalue weighted by Gasteiger charge is 2.24. The Kier molecular flexibility index (Phi) is 5.09. The lowest BCUT2D eigenvalue weighted by Gasteiger charge is -2.25.